The molecule has 3 aromatic rings. The predicted octanol–water partition coefficient (Wildman–Crippen LogP) is 5.64. The molecule has 0 saturated carbocycles. The Kier molecular flexibility index (Phi) is 8.71. The third-order valence-corrected chi connectivity index (χ3v) is 4.88. The summed E-state index contributed by atoms with van der Waals surface area (Å²) in [5, 5.41) is 8.57. The van der Waals surface area contributed by atoms with Gasteiger partial charge in [-0.15, -0.1) is 0 Å². The number of nitrogens with one attached hydrogen (secondary N) is 3. The van der Waals surface area contributed by atoms with Gasteiger partial charge in [-0.05, 0) is 68.8 Å². The second-order valence-electron chi connectivity index (χ2n) is 7.48. The number of urea groups is 2. The topological polar surface area (TPSA) is 82.7 Å². The molecule has 172 valence electrons. The molecule has 0 heterocycles. The van der Waals surface area contributed by atoms with Crippen molar-refractivity contribution in [2.75, 3.05) is 35.2 Å². The molecule has 33 heavy (non-hydrogen) atoms. The minimum absolute atomic E-state index is 0.219. The Morgan fingerprint density at radius 1 is 0.848 bits per heavy atom. The maximum Gasteiger partial charge on any atom is 0.326 e. The van der Waals surface area contributed by atoms with Crippen LogP contribution in [-0.2, 0) is 0 Å². The molecular weight excluding hydrogens is 416 g/mol. The molecule has 0 aromatic heterocycles. The van der Waals surface area contributed by atoms with Gasteiger partial charge in [-0.25, -0.2) is 9.59 Å². The van der Waals surface area contributed by atoms with Gasteiger partial charge in [-0.2, -0.15) is 0 Å². The number of nitrogens with zero attached hydrogens (tertiary/aromatic N) is 1. The maximum absolute atomic E-state index is 12.9. The first kappa shape index (κ1) is 23.7. The highest BCUT2D eigenvalue weighted by atomic mass is 16.5. The van der Waals surface area contributed by atoms with E-state index < -0.39 is 0 Å². The largest absolute Gasteiger partial charge is 0.494 e. The molecule has 3 N–H and O–H groups in total. The molecule has 0 unspecified atom stereocenters. The highest BCUT2D eigenvalue weighted by Crippen LogP contribution is 2.17. The van der Waals surface area contributed by atoms with E-state index in [9.17, 15) is 9.59 Å². The average Bonchev–Trinajstić information content (AvgIpc) is 2.82. The van der Waals surface area contributed by atoms with Crippen molar-refractivity contribution < 1.29 is 14.3 Å². The summed E-state index contributed by atoms with van der Waals surface area (Å²) in [6.07, 6.45) is 0.590. The standard InChI is InChI=1S/C26H30N4O3/c1-3-33-24-16-14-21(15-17-24)28-25(31)27-18-7-19-30(23-8-5-4-6-9-23)26(32)29-22-12-10-20(2)11-13-22/h4-6,8-17H,3,7,18-19H2,1-2H3,(H,29,32)(H2,27,28,31). The van der Waals surface area contributed by atoms with E-state index in [2.05, 4.69) is 16.0 Å². The van der Waals surface area contributed by atoms with Gasteiger partial charge < -0.3 is 20.7 Å². The highest BCUT2D eigenvalue weighted by molar-refractivity contribution is 6.01. The lowest BCUT2D eigenvalue weighted by molar-refractivity contribution is 0.252. The van der Waals surface area contributed by atoms with Crippen LogP contribution in [0.25, 0.3) is 0 Å². The fourth-order valence-corrected chi connectivity index (χ4v) is 3.20. The van der Waals surface area contributed by atoms with Gasteiger partial charge in [0, 0.05) is 30.2 Å². The van der Waals surface area contributed by atoms with Gasteiger partial charge in [-0.3, -0.25) is 4.90 Å². The Hall–Kier alpha value is -4.00. The van der Waals surface area contributed by atoms with Crippen LogP contribution in [0, 0.1) is 6.92 Å². The lowest BCUT2D eigenvalue weighted by Gasteiger charge is -2.23. The Balaban J connectivity index is 1.51. The molecule has 0 fully saturated rings. The summed E-state index contributed by atoms with van der Waals surface area (Å²) in [6.45, 7) is 5.39. The molecule has 3 rings (SSSR count). The number of anilines is 3. The summed E-state index contributed by atoms with van der Waals surface area (Å²) in [5.74, 6) is 0.758. The van der Waals surface area contributed by atoms with Gasteiger partial charge in [0.2, 0.25) is 0 Å². The number of carbonyl (C=O) groups is 2. The number of benzene rings is 3. The van der Waals surface area contributed by atoms with Gasteiger partial charge in [-0.1, -0.05) is 35.9 Å². The van der Waals surface area contributed by atoms with E-state index in [1.54, 1.807) is 17.0 Å². The molecule has 4 amide bonds. The SMILES string of the molecule is CCOc1ccc(NC(=O)NCCCN(C(=O)Nc2ccc(C)cc2)c2ccccc2)cc1. The van der Waals surface area contributed by atoms with Crippen LogP contribution in [0.5, 0.6) is 5.75 Å². The Labute approximate surface area is 194 Å². The Bertz CT molecular complexity index is 1020. The zero-order chi connectivity index (χ0) is 23.5. The number of ether oxygens (including phenoxy) is 1. The number of hydrogen-bond acceptors (Lipinski definition) is 3. The fourth-order valence-electron chi connectivity index (χ4n) is 3.20. The van der Waals surface area contributed by atoms with Crippen LogP contribution in [0.1, 0.15) is 18.9 Å². The predicted molar refractivity (Wildman–Crippen MR) is 133 cm³/mol. The molecular formula is C26H30N4O3. The first-order valence-electron chi connectivity index (χ1n) is 11.0. The second-order valence-corrected chi connectivity index (χ2v) is 7.48. The van der Waals surface area contributed by atoms with Crippen molar-refractivity contribution >= 4 is 29.1 Å². The summed E-state index contributed by atoms with van der Waals surface area (Å²) in [7, 11) is 0. The molecule has 7 heteroatoms. The summed E-state index contributed by atoms with van der Waals surface area (Å²) in [6, 6.07) is 23.8. The lowest BCUT2D eigenvalue weighted by Crippen LogP contribution is -2.38. The van der Waals surface area contributed by atoms with Crippen molar-refractivity contribution in [2.45, 2.75) is 20.3 Å². The van der Waals surface area contributed by atoms with Crippen molar-refractivity contribution in [1.82, 2.24) is 5.32 Å². The van der Waals surface area contributed by atoms with E-state index in [1.165, 1.54) is 0 Å². The Morgan fingerprint density at radius 3 is 2.15 bits per heavy atom. The van der Waals surface area contributed by atoms with Gasteiger partial charge in [0.1, 0.15) is 5.75 Å². The number of rotatable bonds is 9. The maximum atomic E-state index is 12.9. The molecule has 0 aliphatic rings. The van der Waals surface area contributed by atoms with Crippen molar-refractivity contribution in [1.29, 1.82) is 0 Å². The first-order valence-corrected chi connectivity index (χ1v) is 11.0. The molecule has 0 aliphatic heterocycles. The third-order valence-electron chi connectivity index (χ3n) is 4.88. The molecule has 0 bridgehead atoms. The summed E-state index contributed by atoms with van der Waals surface area (Å²) in [4.78, 5) is 26.8. The second kappa shape index (κ2) is 12.1. The van der Waals surface area contributed by atoms with Crippen molar-refractivity contribution in [2.24, 2.45) is 0 Å². The molecule has 7 nitrogen and oxygen atoms in total. The first-order chi connectivity index (χ1) is 16.0. The van der Waals surface area contributed by atoms with E-state index in [0.29, 0.717) is 31.8 Å². The number of para-hydroxylation sites is 1. The van der Waals surface area contributed by atoms with Crippen molar-refractivity contribution in [3.8, 4) is 5.75 Å². The zero-order valence-electron chi connectivity index (χ0n) is 19.0. The van der Waals surface area contributed by atoms with Gasteiger partial charge in [0.25, 0.3) is 0 Å². The number of carbonyl (C=O) groups excluding carboxylic acids is 2. The van der Waals surface area contributed by atoms with Gasteiger partial charge in [0.05, 0.1) is 6.61 Å². The van der Waals surface area contributed by atoms with E-state index in [1.807, 2.05) is 80.6 Å². The van der Waals surface area contributed by atoms with Crippen molar-refractivity contribution in [3.05, 3.63) is 84.4 Å². The average molecular weight is 447 g/mol. The van der Waals surface area contributed by atoms with Crippen LogP contribution in [0.4, 0.5) is 26.7 Å². The number of amides is 4. The van der Waals surface area contributed by atoms with Gasteiger partial charge >= 0.3 is 12.1 Å². The molecule has 3 aromatic carbocycles. The molecule has 0 aliphatic carbocycles. The third kappa shape index (κ3) is 7.57. The minimum Gasteiger partial charge on any atom is -0.494 e. The summed E-state index contributed by atoms with van der Waals surface area (Å²) in [5.41, 5.74) is 3.34. The minimum atomic E-state index is -0.297. The summed E-state index contributed by atoms with van der Waals surface area (Å²) < 4.78 is 5.40. The molecule has 0 saturated heterocycles. The van der Waals surface area contributed by atoms with Crippen LogP contribution >= 0.6 is 0 Å². The number of hydrogen-bond donors (Lipinski definition) is 3. The van der Waals surface area contributed by atoms with Crippen LogP contribution in [-0.4, -0.2) is 31.8 Å². The fraction of sp³-hybridized carbons (Fsp3) is 0.231. The highest BCUT2D eigenvalue weighted by Gasteiger charge is 2.15. The summed E-state index contributed by atoms with van der Waals surface area (Å²) >= 11 is 0. The van der Waals surface area contributed by atoms with Crippen LogP contribution in [0.3, 0.4) is 0 Å². The van der Waals surface area contributed by atoms with Crippen LogP contribution < -0.4 is 25.6 Å². The van der Waals surface area contributed by atoms with E-state index >= 15 is 0 Å². The number of aryl methyl sites for hydroxylation is 1. The monoisotopic (exact) mass is 446 g/mol. The van der Waals surface area contributed by atoms with Gasteiger partial charge in [0.15, 0.2) is 0 Å². The lowest BCUT2D eigenvalue weighted by atomic mass is 10.2. The van der Waals surface area contributed by atoms with Crippen LogP contribution in [0.2, 0.25) is 0 Å². The smallest absolute Gasteiger partial charge is 0.326 e. The normalized spacial score (nSPS) is 10.2. The Morgan fingerprint density at radius 2 is 1.48 bits per heavy atom. The molecule has 0 atom stereocenters. The molecule has 0 spiro atoms. The molecule has 0 radical (unpaired) electrons. The van der Waals surface area contributed by atoms with Crippen molar-refractivity contribution in [3.63, 3.8) is 0 Å². The van der Waals surface area contributed by atoms with Crippen LogP contribution in [0.15, 0.2) is 78.9 Å². The quantitative estimate of drug-likeness (QED) is 0.372. The van der Waals surface area contributed by atoms with E-state index in [0.717, 1.165) is 22.7 Å². The van der Waals surface area contributed by atoms with E-state index in [-0.39, 0.29) is 12.1 Å². The zero-order valence-corrected chi connectivity index (χ0v) is 19.0. The van der Waals surface area contributed by atoms with E-state index in [4.69, 9.17) is 4.74 Å².